The number of halogens is 1. The van der Waals surface area contributed by atoms with Crippen molar-refractivity contribution in [2.75, 3.05) is 11.9 Å². The fourth-order valence-electron chi connectivity index (χ4n) is 1.66. The fourth-order valence-corrected chi connectivity index (χ4v) is 1.66. The molecular weight excluding hydrogens is 201 g/mol. The van der Waals surface area contributed by atoms with Gasteiger partial charge in [0.2, 0.25) is 0 Å². The first kappa shape index (κ1) is 12.8. The van der Waals surface area contributed by atoms with Crippen molar-refractivity contribution in [1.29, 1.82) is 0 Å². The van der Waals surface area contributed by atoms with Gasteiger partial charge in [0.15, 0.2) is 0 Å². The van der Waals surface area contributed by atoms with Crippen molar-refractivity contribution < 1.29 is 4.39 Å². The van der Waals surface area contributed by atoms with Crippen LogP contribution in [0.3, 0.4) is 0 Å². The van der Waals surface area contributed by atoms with Crippen LogP contribution in [0.5, 0.6) is 0 Å². The maximum atomic E-state index is 13.4. The number of para-hydroxylation sites is 1. The number of unbranched alkanes of at least 4 members (excludes halogenated alkanes) is 3. The average Bonchev–Trinajstić information content (AvgIpc) is 2.26. The molecule has 1 aromatic carbocycles. The van der Waals surface area contributed by atoms with Crippen LogP contribution in [-0.4, -0.2) is 6.54 Å². The van der Waals surface area contributed by atoms with Crippen LogP contribution in [0.2, 0.25) is 0 Å². The fraction of sp³-hybridized carbons (Fsp3) is 0.429. The number of benzene rings is 1. The Hall–Kier alpha value is -1.31. The molecule has 1 nitrogen and oxygen atoms in total. The van der Waals surface area contributed by atoms with E-state index >= 15 is 0 Å². The molecule has 0 aliphatic carbocycles. The summed E-state index contributed by atoms with van der Waals surface area (Å²) in [6.07, 6.45) is 6.41. The maximum Gasteiger partial charge on any atom is 0.146 e. The average molecular weight is 221 g/mol. The summed E-state index contributed by atoms with van der Waals surface area (Å²) in [5.41, 5.74) is 1.61. The van der Waals surface area contributed by atoms with Gasteiger partial charge in [0.1, 0.15) is 5.82 Å². The first-order valence-corrected chi connectivity index (χ1v) is 5.85. The van der Waals surface area contributed by atoms with Gasteiger partial charge in [0.05, 0.1) is 5.69 Å². The second-order valence-electron chi connectivity index (χ2n) is 4.00. The first-order chi connectivity index (χ1) is 7.75. The van der Waals surface area contributed by atoms with E-state index in [0.717, 1.165) is 31.4 Å². The molecule has 16 heavy (non-hydrogen) atoms. The number of hydrogen-bond donors (Lipinski definition) is 1. The van der Waals surface area contributed by atoms with Gasteiger partial charge in [-0.25, -0.2) is 4.39 Å². The monoisotopic (exact) mass is 221 g/mol. The Labute approximate surface area is 97.4 Å². The molecule has 1 N–H and O–H groups in total. The molecule has 0 aromatic heterocycles. The SMILES string of the molecule is C=CCCCCCNc1c(C)cccc1F. The standard InChI is InChI=1S/C14H20FN/c1-3-4-5-6-7-11-16-14-12(2)9-8-10-13(14)15/h3,8-10,16H,1,4-7,11H2,2H3. The molecule has 0 aliphatic heterocycles. The van der Waals surface area contributed by atoms with E-state index in [4.69, 9.17) is 0 Å². The summed E-state index contributed by atoms with van der Waals surface area (Å²) in [7, 11) is 0. The molecule has 0 radical (unpaired) electrons. The van der Waals surface area contributed by atoms with E-state index in [0.29, 0.717) is 5.69 Å². The molecule has 0 fully saturated rings. The molecule has 88 valence electrons. The highest BCUT2D eigenvalue weighted by molar-refractivity contribution is 5.51. The summed E-state index contributed by atoms with van der Waals surface area (Å²) in [5, 5.41) is 3.16. The quantitative estimate of drug-likeness (QED) is 0.535. The third-order valence-corrected chi connectivity index (χ3v) is 2.61. The lowest BCUT2D eigenvalue weighted by molar-refractivity contribution is 0.627. The Kier molecular flexibility index (Phi) is 5.62. The number of nitrogens with one attached hydrogen (secondary N) is 1. The van der Waals surface area contributed by atoms with E-state index < -0.39 is 0 Å². The first-order valence-electron chi connectivity index (χ1n) is 5.85. The lowest BCUT2D eigenvalue weighted by atomic mass is 10.1. The lowest BCUT2D eigenvalue weighted by Crippen LogP contribution is -2.04. The van der Waals surface area contributed by atoms with E-state index in [9.17, 15) is 4.39 Å². The Morgan fingerprint density at radius 3 is 2.81 bits per heavy atom. The summed E-state index contributed by atoms with van der Waals surface area (Å²) >= 11 is 0. The molecule has 0 spiro atoms. The molecule has 0 saturated carbocycles. The maximum absolute atomic E-state index is 13.4. The third kappa shape index (κ3) is 4.05. The number of rotatable bonds is 7. The van der Waals surface area contributed by atoms with Gasteiger partial charge in [-0.05, 0) is 37.8 Å². The van der Waals surface area contributed by atoms with Crippen molar-refractivity contribution in [3.63, 3.8) is 0 Å². The Morgan fingerprint density at radius 2 is 2.12 bits per heavy atom. The van der Waals surface area contributed by atoms with Gasteiger partial charge in [0, 0.05) is 6.54 Å². The van der Waals surface area contributed by atoms with Gasteiger partial charge in [-0.1, -0.05) is 24.6 Å². The lowest BCUT2D eigenvalue weighted by Gasteiger charge is -2.10. The molecule has 0 bridgehead atoms. The Bertz CT molecular complexity index is 313. The second kappa shape index (κ2) is 7.04. The zero-order valence-corrected chi connectivity index (χ0v) is 9.93. The minimum Gasteiger partial charge on any atom is -0.382 e. The van der Waals surface area contributed by atoms with Crippen molar-refractivity contribution >= 4 is 5.69 Å². The molecule has 0 amide bonds. The van der Waals surface area contributed by atoms with Crippen molar-refractivity contribution in [3.05, 3.63) is 42.2 Å². The van der Waals surface area contributed by atoms with Crippen LogP contribution >= 0.6 is 0 Å². The van der Waals surface area contributed by atoms with Crippen LogP contribution in [0, 0.1) is 12.7 Å². The highest BCUT2D eigenvalue weighted by atomic mass is 19.1. The summed E-state index contributed by atoms with van der Waals surface area (Å²) in [5.74, 6) is -0.161. The topological polar surface area (TPSA) is 12.0 Å². The van der Waals surface area contributed by atoms with E-state index in [-0.39, 0.29) is 5.82 Å². The Balaban J connectivity index is 2.29. The Morgan fingerprint density at radius 1 is 1.31 bits per heavy atom. The van der Waals surface area contributed by atoms with E-state index in [1.165, 1.54) is 12.5 Å². The van der Waals surface area contributed by atoms with Gasteiger partial charge in [0.25, 0.3) is 0 Å². The number of anilines is 1. The predicted molar refractivity (Wildman–Crippen MR) is 68.3 cm³/mol. The van der Waals surface area contributed by atoms with Crippen molar-refractivity contribution in [2.24, 2.45) is 0 Å². The van der Waals surface area contributed by atoms with E-state index in [1.54, 1.807) is 6.07 Å². The highest BCUT2D eigenvalue weighted by Crippen LogP contribution is 2.18. The summed E-state index contributed by atoms with van der Waals surface area (Å²) in [6.45, 7) is 6.44. The van der Waals surface area contributed by atoms with Crippen LogP contribution < -0.4 is 5.32 Å². The predicted octanol–water partition coefficient (Wildman–Crippen LogP) is 4.29. The van der Waals surface area contributed by atoms with Crippen molar-refractivity contribution in [2.45, 2.75) is 32.6 Å². The molecule has 0 atom stereocenters. The second-order valence-corrected chi connectivity index (χ2v) is 4.00. The molecular formula is C14H20FN. The minimum absolute atomic E-state index is 0.161. The molecule has 0 saturated heterocycles. The number of hydrogen-bond acceptors (Lipinski definition) is 1. The van der Waals surface area contributed by atoms with E-state index in [2.05, 4.69) is 11.9 Å². The summed E-state index contributed by atoms with van der Waals surface area (Å²) < 4.78 is 13.4. The van der Waals surface area contributed by atoms with Gasteiger partial charge in [-0.3, -0.25) is 0 Å². The normalized spacial score (nSPS) is 10.1. The summed E-state index contributed by atoms with van der Waals surface area (Å²) in [6, 6.07) is 5.15. The molecule has 0 unspecified atom stereocenters. The smallest absolute Gasteiger partial charge is 0.146 e. The van der Waals surface area contributed by atoms with Crippen LogP contribution in [0.1, 0.15) is 31.2 Å². The van der Waals surface area contributed by atoms with Crippen molar-refractivity contribution in [1.82, 2.24) is 0 Å². The number of aryl methyl sites for hydroxylation is 1. The molecule has 0 heterocycles. The minimum atomic E-state index is -0.161. The largest absolute Gasteiger partial charge is 0.382 e. The third-order valence-electron chi connectivity index (χ3n) is 2.61. The molecule has 1 aromatic rings. The van der Waals surface area contributed by atoms with Gasteiger partial charge in [-0.2, -0.15) is 0 Å². The van der Waals surface area contributed by atoms with Crippen LogP contribution in [-0.2, 0) is 0 Å². The van der Waals surface area contributed by atoms with E-state index in [1.807, 2.05) is 19.1 Å². The number of allylic oxidation sites excluding steroid dienone is 1. The highest BCUT2D eigenvalue weighted by Gasteiger charge is 2.03. The zero-order chi connectivity index (χ0) is 11.8. The summed E-state index contributed by atoms with van der Waals surface area (Å²) in [4.78, 5) is 0. The molecule has 2 heteroatoms. The zero-order valence-electron chi connectivity index (χ0n) is 9.93. The van der Waals surface area contributed by atoms with Crippen LogP contribution in [0.15, 0.2) is 30.9 Å². The van der Waals surface area contributed by atoms with Crippen LogP contribution in [0.4, 0.5) is 10.1 Å². The van der Waals surface area contributed by atoms with Crippen molar-refractivity contribution in [3.8, 4) is 0 Å². The van der Waals surface area contributed by atoms with Crippen LogP contribution in [0.25, 0.3) is 0 Å². The van der Waals surface area contributed by atoms with Gasteiger partial charge < -0.3 is 5.32 Å². The van der Waals surface area contributed by atoms with Gasteiger partial charge in [-0.15, -0.1) is 6.58 Å². The van der Waals surface area contributed by atoms with Gasteiger partial charge >= 0.3 is 0 Å². The molecule has 0 aliphatic rings. The molecule has 1 rings (SSSR count).